The standard InChI is InChI=1S/C26H32I2O6S/c1-4-24(3)13-20(34-21(31)14-33-17-7-5-16(29)6-8-17)26(35-28)19(27)10-12-25(15(2)23(24)32)11-9-18(30)22(25)26/h4-8,15,19-20,22-23,29,32H,1,9-14H2,2-3H3/t15-,19?,20+,22?,23-,24+,25?,26+/m0/s1. The molecule has 0 amide bonds. The topological polar surface area (TPSA) is 93.1 Å². The number of hydrogen-bond acceptors (Lipinski definition) is 7. The Bertz CT molecular complexity index is 989. The van der Waals surface area contributed by atoms with Gasteiger partial charge in [0.2, 0.25) is 0 Å². The second-order valence-corrected chi connectivity index (χ2v) is 14.2. The summed E-state index contributed by atoms with van der Waals surface area (Å²) in [5, 5.41) is 21.1. The van der Waals surface area contributed by atoms with E-state index in [0.717, 1.165) is 19.3 Å². The summed E-state index contributed by atoms with van der Waals surface area (Å²) in [6.07, 6.45) is 3.91. The van der Waals surface area contributed by atoms with E-state index in [9.17, 15) is 19.8 Å². The summed E-state index contributed by atoms with van der Waals surface area (Å²) in [5.74, 6) is -0.108. The third-order valence-corrected chi connectivity index (χ3v) is 14.2. The number of esters is 1. The number of carbonyl (C=O) groups is 2. The monoisotopic (exact) mass is 726 g/mol. The Morgan fingerprint density at radius 3 is 2.63 bits per heavy atom. The van der Waals surface area contributed by atoms with Gasteiger partial charge in [-0.15, -0.1) is 6.58 Å². The molecule has 2 bridgehead atoms. The molecule has 3 aliphatic rings. The molecule has 0 aromatic heterocycles. The van der Waals surface area contributed by atoms with Crippen molar-refractivity contribution in [2.45, 2.75) is 66.8 Å². The van der Waals surface area contributed by atoms with E-state index in [1.807, 2.05) is 6.92 Å². The number of alkyl halides is 1. The Morgan fingerprint density at radius 2 is 2.00 bits per heavy atom. The van der Waals surface area contributed by atoms with Gasteiger partial charge in [-0.05, 0) is 82.5 Å². The van der Waals surface area contributed by atoms with Gasteiger partial charge in [-0.25, -0.2) is 4.79 Å². The smallest absolute Gasteiger partial charge is 0.344 e. The summed E-state index contributed by atoms with van der Waals surface area (Å²) in [7, 11) is 1.61. The lowest BCUT2D eigenvalue weighted by atomic mass is 9.50. The summed E-state index contributed by atoms with van der Waals surface area (Å²) in [6.45, 7) is 7.83. The number of Topliss-reactive ketones (excluding diaryl/α,β-unsaturated/α-hetero) is 1. The first kappa shape index (κ1) is 27.5. The number of phenolic OH excluding ortho intramolecular Hbond substituents is 1. The Labute approximate surface area is 236 Å². The molecule has 0 heterocycles. The highest BCUT2D eigenvalue weighted by Gasteiger charge is 2.70. The van der Waals surface area contributed by atoms with Crippen LogP contribution in [0.15, 0.2) is 36.9 Å². The number of ketones is 1. The fourth-order valence-corrected chi connectivity index (χ4v) is 13.1. The van der Waals surface area contributed by atoms with Crippen LogP contribution in [-0.4, -0.2) is 49.5 Å². The molecule has 35 heavy (non-hydrogen) atoms. The number of ether oxygens (including phenoxy) is 2. The van der Waals surface area contributed by atoms with Crippen molar-refractivity contribution in [3.63, 3.8) is 0 Å². The molecule has 6 nitrogen and oxygen atoms in total. The van der Waals surface area contributed by atoms with Crippen molar-refractivity contribution in [3.05, 3.63) is 36.9 Å². The number of aromatic hydroxyl groups is 1. The largest absolute Gasteiger partial charge is 0.508 e. The first-order valence-electron chi connectivity index (χ1n) is 11.9. The van der Waals surface area contributed by atoms with Crippen LogP contribution in [0.4, 0.5) is 0 Å². The van der Waals surface area contributed by atoms with E-state index < -0.39 is 28.3 Å². The molecule has 2 N–H and O–H groups in total. The molecule has 8 atom stereocenters. The number of benzene rings is 1. The summed E-state index contributed by atoms with van der Waals surface area (Å²) >= 11 is 4.74. The SMILES string of the molecule is C=C[C@]1(C)C[C@@H](OC(=O)COc2ccc(O)cc2)[C@]2(SI)C(I)CCC3(CCC(=O)C32)[C@@H](C)[C@@H]1O. The predicted octanol–water partition coefficient (Wildman–Crippen LogP) is 5.66. The molecule has 3 fully saturated rings. The van der Waals surface area contributed by atoms with Crippen LogP contribution in [0.25, 0.3) is 0 Å². The van der Waals surface area contributed by atoms with Crippen LogP contribution in [-0.2, 0) is 14.3 Å². The average molecular weight is 726 g/mol. The summed E-state index contributed by atoms with van der Waals surface area (Å²) < 4.78 is 11.3. The van der Waals surface area contributed by atoms with Gasteiger partial charge < -0.3 is 19.7 Å². The zero-order valence-corrected chi connectivity index (χ0v) is 25.0. The fourth-order valence-electron chi connectivity index (χ4n) is 6.77. The third kappa shape index (κ3) is 4.54. The van der Waals surface area contributed by atoms with Crippen molar-refractivity contribution in [2.24, 2.45) is 22.7 Å². The minimum Gasteiger partial charge on any atom is -0.508 e. The zero-order valence-electron chi connectivity index (χ0n) is 19.9. The number of halogens is 2. The van der Waals surface area contributed by atoms with E-state index in [1.54, 1.807) is 27.1 Å². The summed E-state index contributed by atoms with van der Waals surface area (Å²) in [6, 6.07) is 6.15. The minimum absolute atomic E-state index is 0.0803. The molecule has 9 heteroatoms. The van der Waals surface area contributed by atoms with E-state index in [-0.39, 0.29) is 39.3 Å². The van der Waals surface area contributed by atoms with Gasteiger partial charge in [-0.1, -0.05) is 51.4 Å². The quantitative estimate of drug-likeness (QED) is 0.169. The highest BCUT2D eigenvalue weighted by atomic mass is 127. The lowest BCUT2D eigenvalue weighted by Gasteiger charge is -2.61. The second-order valence-electron chi connectivity index (χ2n) is 10.5. The Morgan fingerprint density at radius 1 is 1.31 bits per heavy atom. The molecule has 4 rings (SSSR count). The van der Waals surface area contributed by atoms with Gasteiger partial charge >= 0.3 is 5.97 Å². The van der Waals surface area contributed by atoms with Gasteiger partial charge in [0.1, 0.15) is 23.4 Å². The molecule has 0 spiro atoms. The van der Waals surface area contributed by atoms with Crippen molar-refractivity contribution in [1.29, 1.82) is 0 Å². The number of rotatable bonds is 6. The van der Waals surface area contributed by atoms with E-state index in [4.69, 9.17) is 9.47 Å². The maximum Gasteiger partial charge on any atom is 0.344 e. The summed E-state index contributed by atoms with van der Waals surface area (Å²) in [5.41, 5.74) is -1.01. The van der Waals surface area contributed by atoms with Crippen LogP contribution >= 0.6 is 52.7 Å². The normalized spacial score (nSPS) is 40.8. The molecule has 1 aromatic rings. The van der Waals surface area contributed by atoms with Crippen LogP contribution in [0.1, 0.15) is 46.0 Å². The van der Waals surface area contributed by atoms with E-state index in [0.29, 0.717) is 18.6 Å². The number of aliphatic hydroxyl groups excluding tert-OH is 1. The predicted molar refractivity (Wildman–Crippen MR) is 153 cm³/mol. The van der Waals surface area contributed by atoms with E-state index >= 15 is 0 Å². The van der Waals surface area contributed by atoms with E-state index in [1.165, 1.54) is 12.1 Å². The van der Waals surface area contributed by atoms with Crippen molar-refractivity contribution >= 4 is 64.5 Å². The first-order chi connectivity index (χ1) is 16.5. The molecule has 3 aliphatic carbocycles. The van der Waals surface area contributed by atoms with Crippen LogP contribution in [0, 0.1) is 22.7 Å². The highest BCUT2D eigenvalue weighted by Crippen LogP contribution is 2.69. The van der Waals surface area contributed by atoms with Crippen molar-refractivity contribution in [2.75, 3.05) is 6.61 Å². The van der Waals surface area contributed by atoms with Crippen LogP contribution in [0.2, 0.25) is 0 Å². The minimum atomic E-state index is -0.703. The number of hydrogen-bond donors (Lipinski definition) is 2. The second kappa shape index (κ2) is 10.3. The molecule has 3 unspecified atom stereocenters. The Balaban J connectivity index is 1.71. The van der Waals surface area contributed by atoms with Gasteiger partial charge in [-0.3, -0.25) is 4.79 Å². The molecule has 3 saturated carbocycles. The van der Waals surface area contributed by atoms with Crippen molar-refractivity contribution in [3.8, 4) is 11.5 Å². The van der Waals surface area contributed by atoms with Crippen LogP contribution in [0.5, 0.6) is 11.5 Å². The van der Waals surface area contributed by atoms with Gasteiger partial charge in [-0.2, -0.15) is 0 Å². The summed E-state index contributed by atoms with van der Waals surface area (Å²) in [4.78, 5) is 26.6. The zero-order chi connectivity index (χ0) is 25.6. The fraction of sp³-hybridized carbons (Fsp3) is 0.615. The average Bonchev–Trinajstić information content (AvgIpc) is 3.20. The lowest BCUT2D eigenvalue weighted by molar-refractivity contribution is -0.170. The Hall–Kier alpha value is -0.530. The number of carbonyl (C=O) groups excluding carboxylic acids is 2. The van der Waals surface area contributed by atoms with Gasteiger partial charge in [0.25, 0.3) is 0 Å². The Kier molecular flexibility index (Phi) is 8.11. The molecule has 0 radical (unpaired) electrons. The number of aliphatic hydroxyl groups is 1. The molecule has 1 aromatic carbocycles. The highest BCUT2D eigenvalue weighted by molar-refractivity contribution is 14.2. The van der Waals surface area contributed by atoms with Crippen molar-refractivity contribution in [1.82, 2.24) is 0 Å². The molecule has 0 saturated heterocycles. The molecule has 192 valence electrons. The van der Waals surface area contributed by atoms with Crippen LogP contribution < -0.4 is 4.74 Å². The van der Waals surface area contributed by atoms with Gasteiger partial charge in [0, 0.05) is 21.7 Å². The van der Waals surface area contributed by atoms with Crippen LogP contribution in [0.3, 0.4) is 0 Å². The number of phenols is 1. The molecular formula is C26H32I2O6S. The van der Waals surface area contributed by atoms with E-state index in [2.05, 4.69) is 57.3 Å². The molecule has 0 aliphatic heterocycles. The van der Waals surface area contributed by atoms with Gasteiger partial charge in [0.15, 0.2) is 6.61 Å². The molecular weight excluding hydrogens is 694 g/mol. The van der Waals surface area contributed by atoms with Gasteiger partial charge in [0.05, 0.1) is 10.9 Å². The third-order valence-electron chi connectivity index (χ3n) is 8.79. The van der Waals surface area contributed by atoms with Crippen molar-refractivity contribution < 1.29 is 29.3 Å². The maximum atomic E-state index is 13.5. The maximum absolute atomic E-state index is 13.5. The first-order valence-corrected chi connectivity index (χ1v) is 16.5. The lowest BCUT2D eigenvalue weighted by Crippen LogP contribution is -2.67.